The summed E-state index contributed by atoms with van der Waals surface area (Å²) in [6.45, 7) is 2.29. The molecule has 1 N–H and O–H groups in total. The van der Waals surface area contributed by atoms with Crippen molar-refractivity contribution in [3.63, 3.8) is 0 Å². The number of hydrogen-bond donors (Lipinski definition) is 1. The zero-order valence-corrected chi connectivity index (χ0v) is 8.67. The lowest BCUT2D eigenvalue weighted by atomic mass is 10.2. The molecule has 1 aromatic rings. The summed E-state index contributed by atoms with van der Waals surface area (Å²) in [5, 5.41) is 2.51. The Hall–Kier alpha value is -1.22. The van der Waals surface area contributed by atoms with E-state index >= 15 is 0 Å². The summed E-state index contributed by atoms with van der Waals surface area (Å²) in [6.07, 6.45) is -0.472. The van der Waals surface area contributed by atoms with Gasteiger partial charge in [0.15, 0.2) is 0 Å². The Bertz CT molecular complexity index is 315. The molecule has 3 nitrogen and oxygen atoms in total. The third-order valence-electron chi connectivity index (χ3n) is 1.66. The highest BCUT2D eigenvalue weighted by molar-refractivity contribution is 6.18. The maximum atomic E-state index is 11.1. The number of carbonyl (C=O) groups excluding carboxylic acids is 1. The Kier molecular flexibility index (Phi) is 4.26. The lowest BCUT2D eigenvalue weighted by molar-refractivity contribution is 0.201. The molecule has 1 aromatic carbocycles. The van der Waals surface area contributed by atoms with E-state index in [9.17, 15) is 4.79 Å². The van der Waals surface area contributed by atoms with Crippen molar-refractivity contribution >= 4 is 17.7 Å². The molecule has 0 saturated carbocycles. The molecule has 4 heteroatoms. The van der Waals surface area contributed by atoms with E-state index in [0.717, 1.165) is 5.56 Å². The fourth-order valence-corrected chi connectivity index (χ4v) is 1.05. The van der Waals surface area contributed by atoms with Crippen molar-refractivity contribution in [2.45, 2.75) is 6.92 Å². The molecule has 0 bridgehead atoms. The summed E-state index contributed by atoms with van der Waals surface area (Å²) in [6, 6.07) is 7.33. The molecule has 0 unspecified atom stereocenters. The van der Waals surface area contributed by atoms with Crippen LogP contribution in [0.25, 0.3) is 0 Å². The number of carbonyl (C=O) groups is 1. The van der Waals surface area contributed by atoms with Crippen LogP contribution >= 0.6 is 11.6 Å². The third-order valence-corrected chi connectivity index (χ3v) is 1.85. The van der Waals surface area contributed by atoms with Crippen molar-refractivity contribution < 1.29 is 9.53 Å². The number of hydrogen-bond acceptors (Lipinski definition) is 2. The van der Waals surface area contributed by atoms with E-state index in [1.807, 2.05) is 25.1 Å². The number of rotatable bonds is 3. The molecule has 1 rings (SSSR count). The minimum atomic E-state index is -0.472. The molecular weight excluding hydrogens is 202 g/mol. The van der Waals surface area contributed by atoms with E-state index in [2.05, 4.69) is 5.32 Å². The second kappa shape index (κ2) is 5.50. The van der Waals surface area contributed by atoms with Crippen LogP contribution in [0.1, 0.15) is 5.56 Å². The molecule has 0 saturated heterocycles. The smallest absolute Gasteiger partial charge is 0.410 e. The largest absolute Gasteiger partial charge is 0.412 e. The van der Waals surface area contributed by atoms with Gasteiger partial charge in [-0.2, -0.15) is 0 Å². The van der Waals surface area contributed by atoms with Crippen LogP contribution in [0.15, 0.2) is 24.3 Å². The monoisotopic (exact) mass is 213 g/mol. The molecule has 0 heterocycles. The van der Waals surface area contributed by atoms with E-state index in [4.69, 9.17) is 16.3 Å². The maximum absolute atomic E-state index is 11.1. The molecule has 0 fully saturated rings. The van der Waals surface area contributed by atoms with Crippen molar-refractivity contribution in [2.75, 3.05) is 12.4 Å². The van der Waals surface area contributed by atoms with Gasteiger partial charge in [0.1, 0.15) is 5.75 Å². The number of halogens is 1. The van der Waals surface area contributed by atoms with Gasteiger partial charge in [-0.05, 0) is 18.6 Å². The number of nitrogens with one attached hydrogen (secondary N) is 1. The quantitative estimate of drug-likeness (QED) is 0.783. The fraction of sp³-hybridized carbons (Fsp3) is 0.300. The molecule has 0 atom stereocenters. The molecule has 1 amide bonds. The Labute approximate surface area is 88.0 Å². The predicted molar refractivity (Wildman–Crippen MR) is 55.9 cm³/mol. The van der Waals surface area contributed by atoms with Gasteiger partial charge in [-0.25, -0.2) is 4.79 Å². The number of ether oxygens (including phenoxy) is 1. The van der Waals surface area contributed by atoms with Crippen LogP contribution in [0.5, 0.6) is 5.75 Å². The van der Waals surface area contributed by atoms with Gasteiger partial charge in [0.2, 0.25) is 0 Å². The molecule has 0 aliphatic rings. The van der Waals surface area contributed by atoms with Crippen molar-refractivity contribution in [3.8, 4) is 5.75 Å². The average Bonchev–Trinajstić information content (AvgIpc) is 2.18. The van der Waals surface area contributed by atoms with E-state index in [-0.39, 0.29) is 0 Å². The normalized spacial score (nSPS) is 9.57. The van der Waals surface area contributed by atoms with Crippen LogP contribution in [0.3, 0.4) is 0 Å². The van der Waals surface area contributed by atoms with Crippen molar-refractivity contribution in [1.29, 1.82) is 0 Å². The maximum Gasteiger partial charge on any atom is 0.412 e. The Balaban J connectivity index is 2.52. The minimum Gasteiger partial charge on any atom is -0.410 e. The van der Waals surface area contributed by atoms with Gasteiger partial charge in [-0.15, -0.1) is 11.6 Å². The number of aryl methyl sites for hydroxylation is 1. The summed E-state index contributed by atoms with van der Waals surface area (Å²) in [5.74, 6) is 0.947. The first-order valence-electron chi connectivity index (χ1n) is 4.31. The molecule has 76 valence electrons. The second-order valence-corrected chi connectivity index (χ2v) is 3.15. The van der Waals surface area contributed by atoms with E-state index < -0.39 is 6.09 Å². The number of amides is 1. The second-order valence-electron chi connectivity index (χ2n) is 2.77. The zero-order valence-electron chi connectivity index (χ0n) is 7.92. The van der Waals surface area contributed by atoms with Gasteiger partial charge in [0.25, 0.3) is 0 Å². The van der Waals surface area contributed by atoms with Crippen molar-refractivity contribution in [3.05, 3.63) is 29.8 Å². The van der Waals surface area contributed by atoms with Crippen molar-refractivity contribution in [2.24, 2.45) is 0 Å². The number of para-hydroxylation sites is 1. The molecular formula is C10H12ClNO2. The molecule has 0 aliphatic carbocycles. The third kappa shape index (κ3) is 3.26. The van der Waals surface area contributed by atoms with Crippen LogP contribution in [0.2, 0.25) is 0 Å². The van der Waals surface area contributed by atoms with Crippen molar-refractivity contribution in [1.82, 2.24) is 5.32 Å². The summed E-state index contributed by atoms with van der Waals surface area (Å²) < 4.78 is 5.04. The summed E-state index contributed by atoms with van der Waals surface area (Å²) >= 11 is 5.41. The van der Waals surface area contributed by atoms with E-state index in [1.54, 1.807) is 6.07 Å². The van der Waals surface area contributed by atoms with E-state index in [0.29, 0.717) is 18.2 Å². The van der Waals surface area contributed by atoms with Gasteiger partial charge < -0.3 is 10.1 Å². The SMILES string of the molecule is Cc1ccccc1OC(=O)NCCCl. The first-order valence-corrected chi connectivity index (χ1v) is 4.85. The highest BCUT2D eigenvalue weighted by Crippen LogP contribution is 2.15. The molecule has 0 radical (unpaired) electrons. The fourth-order valence-electron chi connectivity index (χ4n) is 0.956. The Morgan fingerprint density at radius 3 is 2.86 bits per heavy atom. The van der Waals surface area contributed by atoms with Gasteiger partial charge >= 0.3 is 6.09 Å². The van der Waals surface area contributed by atoms with Gasteiger partial charge in [0.05, 0.1) is 0 Å². The van der Waals surface area contributed by atoms with Gasteiger partial charge in [0, 0.05) is 12.4 Å². The lowest BCUT2D eigenvalue weighted by Gasteiger charge is -2.06. The highest BCUT2D eigenvalue weighted by atomic mass is 35.5. The molecule has 0 aliphatic heterocycles. The topological polar surface area (TPSA) is 38.3 Å². The highest BCUT2D eigenvalue weighted by Gasteiger charge is 2.04. The number of alkyl halides is 1. The van der Waals surface area contributed by atoms with Gasteiger partial charge in [-0.1, -0.05) is 18.2 Å². The van der Waals surface area contributed by atoms with E-state index in [1.165, 1.54) is 0 Å². The first-order chi connectivity index (χ1) is 6.74. The molecule has 0 aromatic heterocycles. The number of benzene rings is 1. The summed E-state index contributed by atoms with van der Waals surface area (Å²) in [7, 11) is 0. The molecule has 0 spiro atoms. The zero-order chi connectivity index (χ0) is 10.4. The minimum absolute atomic E-state index is 0.378. The van der Waals surface area contributed by atoms with Crippen LogP contribution in [0.4, 0.5) is 4.79 Å². The van der Waals surface area contributed by atoms with Crippen LogP contribution in [0, 0.1) is 6.92 Å². The van der Waals surface area contributed by atoms with Gasteiger partial charge in [-0.3, -0.25) is 0 Å². The average molecular weight is 214 g/mol. The Morgan fingerprint density at radius 1 is 1.50 bits per heavy atom. The molecule has 14 heavy (non-hydrogen) atoms. The summed E-state index contributed by atoms with van der Waals surface area (Å²) in [5.41, 5.74) is 0.925. The Morgan fingerprint density at radius 2 is 2.21 bits per heavy atom. The lowest BCUT2D eigenvalue weighted by Crippen LogP contribution is -2.28. The van der Waals surface area contributed by atoms with Crippen LogP contribution < -0.4 is 10.1 Å². The van der Waals surface area contributed by atoms with Crippen LogP contribution in [-0.2, 0) is 0 Å². The first kappa shape index (κ1) is 10.9. The predicted octanol–water partition coefficient (Wildman–Crippen LogP) is 2.32. The summed E-state index contributed by atoms with van der Waals surface area (Å²) in [4.78, 5) is 11.1. The van der Waals surface area contributed by atoms with Crippen LogP contribution in [-0.4, -0.2) is 18.5 Å². The standard InChI is InChI=1S/C10H12ClNO2/c1-8-4-2-3-5-9(8)14-10(13)12-7-6-11/h2-5H,6-7H2,1H3,(H,12,13).